The highest BCUT2D eigenvalue weighted by Crippen LogP contribution is 2.25. The molecule has 0 aliphatic carbocycles. The third kappa shape index (κ3) is 2.68. The fraction of sp³-hybridized carbons (Fsp3) is 0.111. The second-order valence-electron chi connectivity index (χ2n) is 2.30. The van der Waals surface area contributed by atoms with Gasteiger partial charge in [0.1, 0.15) is 6.61 Å². The predicted molar refractivity (Wildman–Crippen MR) is 55.4 cm³/mol. The van der Waals surface area contributed by atoms with Crippen LogP contribution in [0.15, 0.2) is 24.3 Å². The molecule has 0 spiro atoms. The molecule has 0 N–H and O–H groups in total. The Kier molecular flexibility index (Phi) is 3.83. The summed E-state index contributed by atoms with van der Waals surface area (Å²) in [4.78, 5) is 10.0. The van der Waals surface area contributed by atoms with E-state index in [0.717, 1.165) is 0 Å². The summed E-state index contributed by atoms with van der Waals surface area (Å²) >= 11 is 3.66. The first-order valence-corrected chi connectivity index (χ1v) is 4.18. The van der Waals surface area contributed by atoms with Crippen molar-refractivity contribution in [2.45, 2.75) is 0 Å². The van der Waals surface area contributed by atoms with Crippen molar-refractivity contribution in [3.63, 3.8) is 0 Å². The number of nitrogens with zero attached hydrogens (tertiary/aromatic N) is 1. The summed E-state index contributed by atoms with van der Waals surface area (Å²) in [6.07, 6.45) is 0. The van der Waals surface area contributed by atoms with E-state index in [1.54, 1.807) is 12.1 Å². The molecule has 72 valence electrons. The molecule has 14 heavy (non-hydrogen) atoms. The minimum atomic E-state index is -0.497. The highest BCUT2D eigenvalue weighted by molar-refractivity contribution is 7.85. The van der Waals surface area contributed by atoms with Gasteiger partial charge in [-0.25, -0.2) is 0 Å². The van der Waals surface area contributed by atoms with Crippen LogP contribution < -0.4 is 4.74 Å². The molecular formula is C9H7NO3S. The lowest BCUT2D eigenvalue weighted by Gasteiger charge is -2.01. The van der Waals surface area contributed by atoms with E-state index in [-0.39, 0.29) is 18.0 Å². The van der Waals surface area contributed by atoms with Gasteiger partial charge in [0.15, 0.2) is 5.75 Å². The quantitative estimate of drug-likeness (QED) is 0.358. The van der Waals surface area contributed by atoms with Gasteiger partial charge in [0.2, 0.25) is 0 Å². The third-order valence-electron chi connectivity index (χ3n) is 1.44. The molecule has 0 bridgehead atoms. The van der Waals surface area contributed by atoms with Gasteiger partial charge in [-0.3, -0.25) is 10.1 Å². The Morgan fingerprint density at radius 2 is 2.21 bits per heavy atom. The Labute approximate surface area is 86.4 Å². The van der Waals surface area contributed by atoms with Crippen LogP contribution in [0.5, 0.6) is 5.75 Å². The standard InChI is InChI=1S/C9H7NO3S/c11-10(12)8-4-1-2-5-9(8)13-6-3-7-14/h1-2,4-5,14H,6H2. The molecule has 0 saturated heterocycles. The van der Waals surface area contributed by atoms with Crippen LogP contribution in [-0.4, -0.2) is 11.5 Å². The molecule has 0 atom stereocenters. The van der Waals surface area contributed by atoms with Crippen LogP contribution in [0.3, 0.4) is 0 Å². The van der Waals surface area contributed by atoms with Crippen LogP contribution in [0, 0.1) is 21.3 Å². The number of para-hydroxylation sites is 2. The zero-order chi connectivity index (χ0) is 10.4. The van der Waals surface area contributed by atoms with Crippen molar-refractivity contribution in [1.29, 1.82) is 0 Å². The summed E-state index contributed by atoms with van der Waals surface area (Å²) in [5.41, 5.74) is -0.0616. The van der Waals surface area contributed by atoms with Crippen molar-refractivity contribution in [2.24, 2.45) is 0 Å². The Balaban J connectivity index is 2.83. The number of benzene rings is 1. The smallest absolute Gasteiger partial charge is 0.310 e. The SMILES string of the molecule is O=[N+]([O-])c1ccccc1OCC#CS. The van der Waals surface area contributed by atoms with Crippen LogP contribution in [0.1, 0.15) is 0 Å². The van der Waals surface area contributed by atoms with E-state index >= 15 is 0 Å². The van der Waals surface area contributed by atoms with Crippen LogP contribution in [0.4, 0.5) is 5.69 Å². The van der Waals surface area contributed by atoms with E-state index < -0.39 is 4.92 Å². The molecule has 0 radical (unpaired) electrons. The van der Waals surface area contributed by atoms with Gasteiger partial charge in [0, 0.05) is 6.07 Å². The van der Waals surface area contributed by atoms with Crippen LogP contribution in [-0.2, 0) is 0 Å². The number of nitro groups is 1. The van der Waals surface area contributed by atoms with Crippen LogP contribution >= 0.6 is 12.6 Å². The van der Waals surface area contributed by atoms with Crippen LogP contribution in [0.2, 0.25) is 0 Å². The lowest BCUT2D eigenvalue weighted by atomic mass is 10.3. The lowest BCUT2D eigenvalue weighted by molar-refractivity contribution is -0.385. The zero-order valence-corrected chi connectivity index (χ0v) is 8.03. The first-order valence-electron chi connectivity index (χ1n) is 3.74. The predicted octanol–water partition coefficient (Wildman–Crippen LogP) is 1.86. The average Bonchev–Trinajstić information content (AvgIpc) is 2.19. The minimum Gasteiger partial charge on any atom is -0.474 e. The van der Waals surface area contributed by atoms with E-state index in [0.29, 0.717) is 0 Å². The number of thiol groups is 1. The maximum absolute atomic E-state index is 10.5. The van der Waals surface area contributed by atoms with E-state index in [9.17, 15) is 10.1 Å². The Morgan fingerprint density at radius 1 is 1.50 bits per heavy atom. The molecule has 0 heterocycles. The molecule has 0 fully saturated rings. The van der Waals surface area contributed by atoms with Crippen LogP contribution in [0.25, 0.3) is 0 Å². The molecule has 1 aromatic rings. The van der Waals surface area contributed by atoms with Gasteiger partial charge in [-0.15, -0.1) is 0 Å². The Bertz CT molecular complexity index is 395. The first kappa shape index (κ1) is 10.4. The summed E-state index contributed by atoms with van der Waals surface area (Å²) in [6, 6.07) is 6.15. The highest BCUT2D eigenvalue weighted by Gasteiger charge is 2.12. The minimum absolute atomic E-state index is 0.0616. The number of rotatable bonds is 3. The van der Waals surface area contributed by atoms with Gasteiger partial charge in [-0.2, -0.15) is 0 Å². The number of ether oxygens (including phenoxy) is 1. The largest absolute Gasteiger partial charge is 0.474 e. The fourth-order valence-electron chi connectivity index (χ4n) is 0.876. The second-order valence-corrected chi connectivity index (χ2v) is 2.53. The lowest BCUT2D eigenvalue weighted by Crippen LogP contribution is -1.97. The molecule has 0 aliphatic heterocycles. The maximum atomic E-state index is 10.5. The Morgan fingerprint density at radius 3 is 2.86 bits per heavy atom. The molecule has 0 unspecified atom stereocenters. The maximum Gasteiger partial charge on any atom is 0.310 e. The van der Waals surface area contributed by atoms with Gasteiger partial charge in [0.05, 0.1) is 4.92 Å². The van der Waals surface area contributed by atoms with Gasteiger partial charge in [-0.05, 0) is 11.3 Å². The summed E-state index contributed by atoms with van der Waals surface area (Å²) in [6.45, 7) is 0.0916. The second kappa shape index (κ2) is 5.14. The van der Waals surface area contributed by atoms with E-state index in [4.69, 9.17) is 4.74 Å². The van der Waals surface area contributed by atoms with E-state index in [1.807, 2.05) is 0 Å². The first-order chi connectivity index (χ1) is 6.75. The van der Waals surface area contributed by atoms with Crippen molar-refractivity contribution in [3.8, 4) is 16.9 Å². The number of hydrogen-bond acceptors (Lipinski definition) is 4. The molecule has 0 amide bonds. The summed E-state index contributed by atoms with van der Waals surface area (Å²) < 4.78 is 5.07. The van der Waals surface area contributed by atoms with Gasteiger partial charge in [-0.1, -0.05) is 30.7 Å². The van der Waals surface area contributed by atoms with Crippen molar-refractivity contribution < 1.29 is 9.66 Å². The highest BCUT2D eigenvalue weighted by atomic mass is 32.1. The fourth-order valence-corrected chi connectivity index (χ4v) is 0.941. The van der Waals surface area contributed by atoms with Gasteiger partial charge >= 0.3 is 5.69 Å². The normalized spacial score (nSPS) is 8.64. The summed E-state index contributed by atoms with van der Waals surface area (Å²) in [5.74, 6) is 2.75. The van der Waals surface area contributed by atoms with Crippen molar-refractivity contribution in [1.82, 2.24) is 0 Å². The molecule has 1 aromatic carbocycles. The molecule has 0 aromatic heterocycles. The molecule has 1 rings (SSSR count). The molecule has 0 aliphatic rings. The van der Waals surface area contributed by atoms with Crippen molar-refractivity contribution in [2.75, 3.05) is 6.61 Å². The van der Waals surface area contributed by atoms with Crippen molar-refractivity contribution >= 4 is 18.3 Å². The number of hydrogen-bond donors (Lipinski definition) is 1. The summed E-state index contributed by atoms with van der Waals surface area (Å²) in [7, 11) is 0. The Hall–Kier alpha value is -1.67. The van der Waals surface area contributed by atoms with Gasteiger partial charge in [0.25, 0.3) is 0 Å². The summed E-state index contributed by atoms with van der Waals surface area (Å²) in [5, 5.41) is 12.9. The van der Waals surface area contributed by atoms with Crippen molar-refractivity contribution in [3.05, 3.63) is 34.4 Å². The topological polar surface area (TPSA) is 52.4 Å². The molecule has 5 heteroatoms. The average molecular weight is 209 g/mol. The van der Waals surface area contributed by atoms with Gasteiger partial charge < -0.3 is 4.74 Å². The molecule has 0 saturated carbocycles. The number of nitro benzene ring substituents is 1. The third-order valence-corrected chi connectivity index (χ3v) is 1.60. The van der Waals surface area contributed by atoms with E-state index in [2.05, 4.69) is 23.8 Å². The molecular weight excluding hydrogens is 202 g/mol. The monoisotopic (exact) mass is 209 g/mol. The van der Waals surface area contributed by atoms with E-state index in [1.165, 1.54) is 12.1 Å². The zero-order valence-electron chi connectivity index (χ0n) is 7.14. The molecule has 4 nitrogen and oxygen atoms in total.